The number of fused-ring (bicyclic) bond motifs is 1. The van der Waals surface area contributed by atoms with Crippen LogP contribution in [0, 0.1) is 0 Å². The molecule has 0 aliphatic heterocycles. The highest BCUT2D eigenvalue weighted by atomic mass is 16.4. The van der Waals surface area contributed by atoms with Crippen molar-refractivity contribution < 1.29 is 9.90 Å². The maximum atomic E-state index is 11.5. The molecule has 0 spiro atoms. The lowest BCUT2D eigenvalue weighted by Gasteiger charge is -2.23. The van der Waals surface area contributed by atoms with Gasteiger partial charge in [0.15, 0.2) is 11.5 Å². The van der Waals surface area contributed by atoms with Gasteiger partial charge in [0.1, 0.15) is 0 Å². The quantitative estimate of drug-likeness (QED) is 0.892. The van der Waals surface area contributed by atoms with E-state index in [4.69, 9.17) is 5.73 Å². The molecule has 3 N–H and O–H groups in total. The van der Waals surface area contributed by atoms with Crippen molar-refractivity contribution in [1.82, 2.24) is 14.8 Å². The Kier molecular flexibility index (Phi) is 3.70. The number of aromatic nitrogens is 3. The monoisotopic (exact) mass is 286 g/mol. The molecule has 6 nitrogen and oxygen atoms in total. The van der Waals surface area contributed by atoms with Crippen molar-refractivity contribution in [2.75, 3.05) is 6.54 Å². The summed E-state index contributed by atoms with van der Waals surface area (Å²) in [5, 5.41) is 13.8. The molecule has 0 saturated heterocycles. The summed E-state index contributed by atoms with van der Waals surface area (Å²) in [6, 6.07) is 5.54. The molecule has 0 saturated carbocycles. The standard InChI is InChI=1S/C15H18N4O2/c16-8-7-10-4-3-5-11-13(10)14(15(20)21)18-19(11)12-6-1-2-9-17-12/h1-2,6,9-10H,3-5,7-8,16H2,(H,20,21). The second-order valence-corrected chi connectivity index (χ2v) is 5.28. The van der Waals surface area contributed by atoms with E-state index >= 15 is 0 Å². The summed E-state index contributed by atoms with van der Waals surface area (Å²) in [5.74, 6) is -0.137. The van der Waals surface area contributed by atoms with Crippen LogP contribution in [-0.2, 0) is 6.42 Å². The Labute approximate surface area is 122 Å². The lowest BCUT2D eigenvalue weighted by atomic mass is 9.83. The first-order valence-corrected chi connectivity index (χ1v) is 7.19. The summed E-state index contributed by atoms with van der Waals surface area (Å²) in [7, 11) is 0. The smallest absolute Gasteiger partial charge is 0.356 e. The Bertz CT molecular complexity index is 651. The number of carboxylic acids is 1. The van der Waals surface area contributed by atoms with Gasteiger partial charge in [-0.15, -0.1) is 0 Å². The number of nitrogens with zero attached hydrogens (tertiary/aromatic N) is 3. The van der Waals surface area contributed by atoms with E-state index in [0.717, 1.165) is 36.9 Å². The van der Waals surface area contributed by atoms with Crippen LogP contribution in [0.3, 0.4) is 0 Å². The average Bonchev–Trinajstić information content (AvgIpc) is 2.89. The van der Waals surface area contributed by atoms with Crippen molar-refractivity contribution in [2.24, 2.45) is 5.73 Å². The molecule has 0 radical (unpaired) electrons. The summed E-state index contributed by atoms with van der Waals surface area (Å²) in [6.07, 6.45) is 5.30. The molecule has 1 aliphatic carbocycles. The highest BCUT2D eigenvalue weighted by Gasteiger charge is 2.31. The first-order chi connectivity index (χ1) is 10.2. The maximum absolute atomic E-state index is 11.5. The van der Waals surface area contributed by atoms with Gasteiger partial charge in [-0.3, -0.25) is 0 Å². The predicted octanol–water partition coefficient (Wildman–Crippen LogP) is 1.73. The van der Waals surface area contributed by atoms with E-state index in [1.165, 1.54) is 0 Å². The molecule has 6 heteroatoms. The van der Waals surface area contributed by atoms with Crippen LogP contribution in [0.15, 0.2) is 24.4 Å². The van der Waals surface area contributed by atoms with Crippen molar-refractivity contribution in [3.63, 3.8) is 0 Å². The molecular formula is C15H18N4O2. The second kappa shape index (κ2) is 5.65. The van der Waals surface area contributed by atoms with Crippen molar-refractivity contribution >= 4 is 5.97 Å². The van der Waals surface area contributed by atoms with Gasteiger partial charge in [0, 0.05) is 11.8 Å². The third-order valence-corrected chi connectivity index (χ3v) is 3.98. The number of pyridine rings is 1. The zero-order valence-electron chi connectivity index (χ0n) is 11.7. The van der Waals surface area contributed by atoms with Gasteiger partial charge in [0.2, 0.25) is 0 Å². The number of carbonyl (C=O) groups is 1. The Morgan fingerprint density at radius 2 is 2.33 bits per heavy atom. The Morgan fingerprint density at radius 1 is 1.48 bits per heavy atom. The van der Waals surface area contributed by atoms with E-state index in [0.29, 0.717) is 12.4 Å². The van der Waals surface area contributed by atoms with Crippen LogP contribution in [-0.4, -0.2) is 32.4 Å². The third kappa shape index (κ3) is 2.42. The molecule has 0 bridgehead atoms. The number of hydrogen-bond acceptors (Lipinski definition) is 4. The normalized spacial score (nSPS) is 17.5. The minimum atomic E-state index is -0.982. The fraction of sp³-hybridized carbons (Fsp3) is 0.400. The maximum Gasteiger partial charge on any atom is 0.356 e. The largest absolute Gasteiger partial charge is 0.476 e. The minimum absolute atomic E-state index is 0.147. The number of nitrogens with two attached hydrogens (primary N) is 1. The van der Waals surface area contributed by atoms with E-state index in [1.807, 2.05) is 18.2 Å². The lowest BCUT2D eigenvalue weighted by molar-refractivity contribution is 0.0688. The Morgan fingerprint density at radius 3 is 3.00 bits per heavy atom. The third-order valence-electron chi connectivity index (χ3n) is 3.98. The van der Waals surface area contributed by atoms with Crippen LogP contribution in [0.2, 0.25) is 0 Å². The molecule has 110 valence electrons. The summed E-state index contributed by atoms with van der Waals surface area (Å²) in [4.78, 5) is 15.8. The molecule has 2 aromatic rings. The van der Waals surface area contributed by atoms with Gasteiger partial charge in [-0.1, -0.05) is 6.07 Å². The average molecular weight is 286 g/mol. The van der Waals surface area contributed by atoms with Gasteiger partial charge in [0.25, 0.3) is 0 Å². The van der Waals surface area contributed by atoms with Crippen LogP contribution >= 0.6 is 0 Å². The fourth-order valence-electron chi connectivity index (χ4n) is 3.11. The van der Waals surface area contributed by atoms with E-state index in [2.05, 4.69) is 10.1 Å². The molecule has 0 aromatic carbocycles. The molecule has 2 heterocycles. The number of carboxylic acid groups (broad SMARTS) is 1. The van der Waals surface area contributed by atoms with Gasteiger partial charge < -0.3 is 10.8 Å². The molecular weight excluding hydrogens is 268 g/mol. The summed E-state index contributed by atoms with van der Waals surface area (Å²) in [6.45, 7) is 0.554. The Hall–Kier alpha value is -2.21. The second-order valence-electron chi connectivity index (χ2n) is 5.28. The zero-order valence-corrected chi connectivity index (χ0v) is 11.7. The number of aromatic carboxylic acids is 1. The van der Waals surface area contributed by atoms with Crippen LogP contribution in [0.1, 0.15) is 46.9 Å². The molecule has 3 rings (SSSR count). The number of hydrogen-bond donors (Lipinski definition) is 2. The van der Waals surface area contributed by atoms with Gasteiger partial charge in [-0.05, 0) is 50.3 Å². The van der Waals surface area contributed by atoms with Crippen molar-refractivity contribution in [2.45, 2.75) is 31.6 Å². The van der Waals surface area contributed by atoms with Crippen molar-refractivity contribution in [1.29, 1.82) is 0 Å². The summed E-state index contributed by atoms with van der Waals surface area (Å²) < 4.78 is 1.68. The van der Waals surface area contributed by atoms with Gasteiger partial charge in [-0.25, -0.2) is 14.5 Å². The molecule has 1 aliphatic rings. The van der Waals surface area contributed by atoms with Crippen molar-refractivity contribution in [3.8, 4) is 5.82 Å². The minimum Gasteiger partial charge on any atom is -0.476 e. The highest BCUT2D eigenvalue weighted by Crippen LogP contribution is 2.36. The first-order valence-electron chi connectivity index (χ1n) is 7.19. The molecule has 1 unspecified atom stereocenters. The van der Waals surface area contributed by atoms with E-state index in [-0.39, 0.29) is 11.6 Å². The summed E-state index contributed by atoms with van der Waals surface area (Å²) >= 11 is 0. The van der Waals surface area contributed by atoms with Gasteiger partial charge in [-0.2, -0.15) is 5.10 Å². The van der Waals surface area contributed by atoms with Gasteiger partial charge >= 0.3 is 5.97 Å². The van der Waals surface area contributed by atoms with E-state index in [1.54, 1.807) is 10.9 Å². The molecule has 0 amide bonds. The predicted molar refractivity (Wildman–Crippen MR) is 77.7 cm³/mol. The van der Waals surface area contributed by atoms with Crippen molar-refractivity contribution in [3.05, 3.63) is 41.3 Å². The Balaban J connectivity index is 2.16. The highest BCUT2D eigenvalue weighted by molar-refractivity contribution is 5.88. The fourth-order valence-corrected chi connectivity index (χ4v) is 3.11. The lowest BCUT2D eigenvalue weighted by Crippen LogP contribution is -2.16. The van der Waals surface area contributed by atoms with Crippen LogP contribution in [0.4, 0.5) is 0 Å². The zero-order chi connectivity index (χ0) is 14.8. The van der Waals surface area contributed by atoms with Crippen LogP contribution in [0.5, 0.6) is 0 Å². The molecule has 0 fully saturated rings. The van der Waals surface area contributed by atoms with Gasteiger partial charge in [0.05, 0.1) is 5.69 Å². The van der Waals surface area contributed by atoms with Crippen LogP contribution < -0.4 is 5.73 Å². The molecule has 21 heavy (non-hydrogen) atoms. The summed E-state index contributed by atoms with van der Waals surface area (Å²) in [5.41, 5.74) is 7.64. The van der Waals surface area contributed by atoms with E-state index < -0.39 is 5.97 Å². The molecule has 1 atom stereocenters. The topological polar surface area (TPSA) is 94.0 Å². The molecule has 2 aromatic heterocycles. The SMILES string of the molecule is NCCC1CCCc2c1c(C(=O)O)nn2-c1ccccn1. The van der Waals surface area contributed by atoms with E-state index in [9.17, 15) is 9.90 Å². The number of rotatable bonds is 4. The first kappa shape index (κ1) is 13.8. The van der Waals surface area contributed by atoms with Crippen LogP contribution in [0.25, 0.3) is 5.82 Å².